The van der Waals surface area contributed by atoms with Gasteiger partial charge in [0, 0.05) is 12.6 Å². The van der Waals surface area contributed by atoms with E-state index in [0.717, 1.165) is 5.69 Å². The van der Waals surface area contributed by atoms with Gasteiger partial charge in [0.15, 0.2) is 0 Å². The molecule has 0 atom stereocenters. The highest BCUT2D eigenvalue weighted by atomic mass is 19.1. The molecule has 0 heterocycles. The Balaban J connectivity index is 1.80. The molecule has 3 heteroatoms. The Morgan fingerprint density at radius 1 is 0.952 bits per heavy atom. The SMILES string of the molecule is COc1cc(F)ccc1NCc1ccc2ccccc2c1. The van der Waals surface area contributed by atoms with Crippen LogP contribution in [0.4, 0.5) is 10.1 Å². The fourth-order valence-corrected chi connectivity index (χ4v) is 2.36. The normalized spacial score (nSPS) is 10.6. The molecule has 3 rings (SSSR count). The van der Waals surface area contributed by atoms with Crippen LogP contribution in [0.2, 0.25) is 0 Å². The van der Waals surface area contributed by atoms with Crippen LogP contribution in [0, 0.1) is 5.82 Å². The summed E-state index contributed by atoms with van der Waals surface area (Å²) in [7, 11) is 1.54. The van der Waals surface area contributed by atoms with Crippen molar-refractivity contribution in [2.24, 2.45) is 0 Å². The van der Waals surface area contributed by atoms with Crippen LogP contribution in [-0.2, 0) is 6.54 Å². The van der Waals surface area contributed by atoms with Gasteiger partial charge >= 0.3 is 0 Å². The quantitative estimate of drug-likeness (QED) is 0.754. The Kier molecular flexibility index (Phi) is 3.73. The molecule has 0 saturated heterocycles. The Bertz CT molecular complexity index is 770. The van der Waals surface area contributed by atoms with Crippen molar-refractivity contribution in [2.45, 2.75) is 6.54 Å². The first-order valence-corrected chi connectivity index (χ1v) is 6.81. The van der Waals surface area contributed by atoms with Gasteiger partial charge in [0.2, 0.25) is 0 Å². The number of hydrogen-bond donors (Lipinski definition) is 1. The van der Waals surface area contributed by atoms with E-state index in [4.69, 9.17) is 4.74 Å². The van der Waals surface area contributed by atoms with Crippen LogP contribution in [0.25, 0.3) is 10.8 Å². The maximum atomic E-state index is 13.2. The van der Waals surface area contributed by atoms with Crippen LogP contribution in [0.3, 0.4) is 0 Å². The van der Waals surface area contributed by atoms with Crippen molar-refractivity contribution in [1.82, 2.24) is 0 Å². The lowest BCUT2D eigenvalue weighted by atomic mass is 10.1. The minimum absolute atomic E-state index is 0.303. The van der Waals surface area contributed by atoms with Gasteiger partial charge in [-0.3, -0.25) is 0 Å². The van der Waals surface area contributed by atoms with E-state index in [-0.39, 0.29) is 5.82 Å². The van der Waals surface area contributed by atoms with Crippen LogP contribution in [0.5, 0.6) is 5.75 Å². The van der Waals surface area contributed by atoms with E-state index in [1.54, 1.807) is 6.07 Å². The zero-order chi connectivity index (χ0) is 14.7. The topological polar surface area (TPSA) is 21.3 Å². The summed E-state index contributed by atoms with van der Waals surface area (Å²) in [4.78, 5) is 0. The molecule has 0 aromatic heterocycles. The summed E-state index contributed by atoms with van der Waals surface area (Å²) in [6.07, 6.45) is 0. The Labute approximate surface area is 123 Å². The molecular formula is C18H16FNO. The van der Waals surface area contributed by atoms with Crippen molar-refractivity contribution in [3.05, 3.63) is 72.0 Å². The highest BCUT2D eigenvalue weighted by Crippen LogP contribution is 2.25. The Morgan fingerprint density at radius 3 is 2.57 bits per heavy atom. The van der Waals surface area contributed by atoms with Crippen molar-refractivity contribution < 1.29 is 9.13 Å². The molecule has 0 aliphatic heterocycles. The molecule has 0 unspecified atom stereocenters. The number of benzene rings is 3. The second-order valence-electron chi connectivity index (χ2n) is 4.88. The van der Waals surface area contributed by atoms with Crippen molar-refractivity contribution >= 4 is 16.5 Å². The predicted octanol–water partition coefficient (Wildman–Crippen LogP) is 4.60. The summed E-state index contributed by atoms with van der Waals surface area (Å²) in [5, 5.41) is 5.71. The molecule has 0 spiro atoms. The van der Waals surface area contributed by atoms with Crippen LogP contribution in [0.15, 0.2) is 60.7 Å². The summed E-state index contributed by atoms with van der Waals surface area (Å²) >= 11 is 0. The molecule has 2 nitrogen and oxygen atoms in total. The van der Waals surface area contributed by atoms with E-state index in [0.29, 0.717) is 12.3 Å². The molecule has 0 saturated carbocycles. The number of fused-ring (bicyclic) bond motifs is 1. The molecule has 0 radical (unpaired) electrons. The molecule has 1 N–H and O–H groups in total. The van der Waals surface area contributed by atoms with Gasteiger partial charge in [0.25, 0.3) is 0 Å². The Hall–Kier alpha value is -2.55. The number of hydrogen-bond acceptors (Lipinski definition) is 2. The van der Waals surface area contributed by atoms with Gasteiger partial charge < -0.3 is 10.1 Å². The number of ether oxygens (including phenoxy) is 1. The zero-order valence-corrected chi connectivity index (χ0v) is 11.8. The lowest BCUT2D eigenvalue weighted by molar-refractivity contribution is 0.413. The number of rotatable bonds is 4. The van der Waals surface area contributed by atoms with Crippen LogP contribution in [-0.4, -0.2) is 7.11 Å². The van der Waals surface area contributed by atoms with Crippen LogP contribution < -0.4 is 10.1 Å². The van der Waals surface area contributed by atoms with Gasteiger partial charge in [-0.15, -0.1) is 0 Å². The molecule has 3 aromatic rings. The fourth-order valence-electron chi connectivity index (χ4n) is 2.36. The van der Waals surface area contributed by atoms with Crippen molar-refractivity contribution in [3.63, 3.8) is 0 Å². The average Bonchev–Trinajstić information content (AvgIpc) is 2.53. The first kappa shape index (κ1) is 13.4. The zero-order valence-electron chi connectivity index (χ0n) is 11.8. The van der Waals surface area contributed by atoms with Gasteiger partial charge in [0.1, 0.15) is 11.6 Å². The van der Waals surface area contributed by atoms with E-state index in [2.05, 4.69) is 35.6 Å². The van der Waals surface area contributed by atoms with E-state index in [1.807, 2.05) is 12.1 Å². The first-order chi connectivity index (χ1) is 10.3. The lowest BCUT2D eigenvalue weighted by Gasteiger charge is -2.11. The number of anilines is 1. The molecule has 0 bridgehead atoms. The van der Waals surface area contributed by atoms with Crippen molar-refractivity contribution in [3.8, 4) is 5.75 Å². The predicted molar refractivity (Wildman–Crippen MR) is 84.2 cm³/mol. The van der Waals surface area contributed by atoms with Gasteiger partial charge in [-0.25, -0.2) is 4.39 Å². The lowest BCUT2D eigenvalue weighted by Crippen LogP contribution is -2.01. The minimum Gasteiger partial charge on any atom is -0.494 e. The standard InChI is InChI=1S/C18H16FNO/c1-21-18-11-16(19)8-9-17(18)20-12-13-6-7-14-4-2-3-5-15(14)10-13/h2-11,20H,12H2,1H3. The molecule has 106 valence electrons. The summed E-state index contributed by atoms with van der Waals surface area (Å²) in [5.41, 5.74) is 1.95. The van der Waals surface area contributed by atoms with E-state index in [1.165, 1.54) is 35.6 Å². The smallest absolute Gasteiger partial charge is 0.144 e. The molecule has 0 amide bonds. The van der Waals surface area contributed by atoms with Crippen molar-refractivity contribution in [1.29, 1.82) is 0 Å². The largest absolute Gasteiger partial charge is 0.494 e. The highest BCUT2D eigenvalue weighted by molar-refractivity contribution is 5.83. The van der Waals surface area contributed by atoms with E-state index < -0.39 is 0 Å². The number of nitrogens with one attached hydrogen (secondary N) is 1. The van der Waals surface area contributed by atoms with Crippen LogP contribution in [0.1, 0.15) is 5.56 Å². The summed E-state index contributed by atoms with van der Waals surface area (Å²) in [6, 6.07) is 19.1. The fraction of sp³-hybridized carbons (Fsp3) is 0.111. The molecule has 0 aliphatic rings. The molecule has 21 heavy (non-hydrogen) atoms. The summed E-state index contributed by atoms with van der Waals surface area (Å²) < 4.78 is 18.3. The third-order valence-corrected chi connectivity index (χ3v) is 3.46. The maximum Gasteiger partial charge on any atom is 0.144 e. The molecular weight excluding hydrogens is 265 g/mol. The van der Waals surface area contributed by atoms with E-state index >= 15 is 0 Å². The summed E-state index contributed by atoms with van der Waals surface area (Å²) in [6.45, 7) is 0.660. The molecule has 3 aromatic carbocycles. The third-order valence-electron chi connectivity index (χ3n) is 3.46. The van der Waals surface area contributed by atoms with Crippen LogP contribution >= 0.6 is 0 Å². The average molecular weight is 281 g/mol. The molecule has 0 fully saturated rings. The number of methoxy groups -OCH3 is 1. The number of halogens is 1. The summed E-state index contributed by atoms with van der Waals surface area (Å²) in [5.74, 6) is 0.207. The van der Waals surface area contributed by atoms with Crippen molar-refractivity contribution in [2.75, 3.05) is 12.4 Å². The van der Waals surface area contributed by atoms with Gasteiger partial charge in [-0.2, -0.15) is 0 Å². The second kappa shape index (κ2) is 5.83. The monoisotopic (exact) mass is 281 g/mol. The Morgan fingerprint density at radius 2 is 1.76 bits per heavy atom. The van der Waals surface area contributed by atoms with Gasteiger partial charge in [0.05, 0.1) is 12.8 Å². The maximum absolute atomic E-state index is 13.2. The van der Waals surface area contributed by atoms with Gasteiger partial charge in [-0.1, -0.05) is 36.4 Å². The van der Waals surface area contributed by atoms with Gasteiger partial charge in [-0.05, 0) is 34.5 Å². The molecule has 0 aliphatic carbocycles. The third kappa shape index (κ3) is 2.97. The first-order valence-electron chi connectivity index (χ1n) is 6.81. The second-order valence-corrected chi connectivity index (χ2v) is 4.88. The van der Waals surface area contributed by atoms with E-state index in [9.17, 15) is 4.39 Å². The highest BCUT2D eigenvalue weighted by Gasteiger charge is 2.04. The minimum atomic E-state index is -0.303.